The molecule has 1 aliphatic carbocycles. The number of nitrogens with one attached hydrogen (secondary N) is 4. The number of aliphatic carboxylic acids is 1. The lowest BCUT2D eigenvalue weighted by atomic mass is 9.88. The maximum atomic E-state index is 14.1. The number of esters is 1. The highest BCUT2D eigenvalue weighted by atomic mass is 16.7. The minimum Gasteiger partial charge on any atom is -0.496 e. The summed E-state index contributed by atoms with van der Waals surface area (Å²) in [6.45, 7) is 9.47. The van der Waals surface area contributed by atoms with Crippen LogP contribution in [0.25, 0.3) is 11.6 Å². The number of carboxylic acid groups (broad SMARTS) is 1. The van der Waals surface area contributed by atoms with Crippen LogP contribution in [0.1, 0.15) is 60.7 Å². The van der Waals surface area contributed by atoms with Crippen LogP contribution in [0.5, 0.6) is 5.75 Å². The van der Waals surface area contributed by atoms with Gasteiger partial charge in [0.25, 0.3) is 11.8 Å². The molecule has 5 rings (SSSR count). The molecule has 3 amide bonds. The zero-order valence-electron chi connectivity index (χ0n) is 31.0. The zero-order chi connectivity index (χ0) is 39.8. The van der Waals surface area contributed by atoms with Gasteiger partial charge < -0.3 is 44.3 Å². The van der Waals surface area contributed by atoms with Crippen molar-refractivity contribution < 1.29 is 52.8 Å². The van der Waals surface area contributed by atoms with Gasteiger partial charge in [0.1, 0.15) is 24.1 Å². The molecule has 2 atom stereocenters. The number of hydrogen-bond acceptors (Lipinski definition) is 12. The van der Waals surface area contributed by atoms with E-state index in [1.54, 1.807) is 13.8 Å². The Morgan fingerprint density at radius 1 is 1.04 bits per heavy atom. The molecule has 1 saturated carbocycles. The van der Waals surface area contributed by atoms with E-state index in [1.807, 2.05) is 0 Å². The van der Waals surface area contributed by atoms with Crippen LogP contribution in [-0.4, -0.2) is 97.7 Å². The summed E-state index contributed by atoms with van der Waals surface area (Å²) in [5, 5.41) is 27.1. The smallest absolute Gasteiger partial charge is 0.413 e. The van der Waals surface area contributed by atoms with E-state index in [0.717, 1.165) is 12.8 Å². The highest BCUT2D eigenvalue weighted by Crippen LogP contribution is 2.37. The first kappa shape index (κ1) is 40.2. The number of carboxylic acids is 1. The van der Waals surface area contributed by atoms with E-state index in [1.165, 1.54) is 73.6 Å². The highest BCUT2D eigenvalue weighted by Gasteiger charge is 2.42. The van der Waals surface area contributed by atoms with E-state index in [-0.39, 0.29) is 48.2 Å². The SMILES string of the molecule is C=Cc1cc(C(=O)Nc2ccc(C(=N)NC(=O)OC3COCOC3)cc2)c(C2=CC=C(C(=O)NCC3CC3)N(C(C)OC(=O)C(C)C)C2C(=O)O)cc1OC. The Labute approximate surface area is 318 Å². The Morgan fingerprint density at radius 3 is 2.33 bits per heavy atom. The molecular weight excluding hydrogens is 714 g/mol. The lowest BCUT2D eigenvalue weighted by Gasteiger charge is -2.40. The van der Waals surface area contributed by atoms with Crippen molar-refractivity contribution in [2.75, 3.05) is 39.0 Å². The summed E-state index contributed by atoms with van der Waals surface area (Å²) >= 11 is 0. The van der Waals surface area contributed by atoms with Crippen molar-refractivity contribution >= 4 is 53.0 Å². The number of methoxy groups -OCH3 is 1. The van der Waals surface area contributed by atoms with Crippen LogP contribution in [0.3, 0.4) is 0 Å². The quantitative estimate of drug-likeness (QED) is 0.105. The molecule has 0 aromatic heterocycles. The first-order valence-corrected chi connectivity index (χ1v) is 17.7. The zero-order valence-corrected chi connectivity index (χ0v) is 31.0. The largest absolute Gasteiger partial charge is 0.496 e. The van der Waals surface area contributed by atoms with Crippen LogP contribution >= 0.6 is 0 Å². The fourth-order valence-electron chi connectivity index (χ4n) is 5.90. The monoisotopic (exact) mass is 759 g/mol. The van der Waals surface area contributed by atoms with Crippen LogP contribution in [0, 0.1) is 17.2 Å². The molecule has 0 bridgehead atoms. The van der Waals surface area contributed by atoms with Crippen molar-refractivity contribution in [3.63, 3.8) is 0 Å². The Hall–Kier alpha value is -6.00. The minimum atomic E-state index is -1.59. The molecule has 16 heteroatoms. The number of ether oxygens (including phenoxy) is 5. The number of rotatable bonds is 14. The van der Waals surface area contributed by atoms with Crippen LogP contribution in [0.4, 0.5) is 10.5 Å². The van der Waals surface area contributed by atoms with E-state index < -0.39 is 54.1 Å². The average molecular weight is 760 g/mol. The second kappa shape index (κ2) is 17.9. The molecule has 292 valence electrons. The molecule has 3 aliphatic rings. The number of nitrogens with zero attached hydrogens (tertiary/aromatic N) is 1. The van der Waals surface area contributed by atoms with Gasteiger partial charge in [0, 0.05) is 28.9 Å². The summed E-state index contributed by atoms with van der Waals surface area (Å²) in [6, 6.07) is 7.51. The number of anilines is 1. The van der Waals surface area contributed by atoms with Gasteiger partial charge in [-0.05, 0) is 79.3 Å². The van der Waals surface area contributed by atoms with Gasteiger partial charge in [-0.15, -0.1) is 0 Å². The highest BCUT2D eigenvalue weighted by molar-refractivity contribution is 6.11. The number of carbonyl (C=O) groups excluding carboxylic acids is 4. The van der Waals surface area contributed by atoms with Crippen LogP contribution in [-0.2, 0) is 33.3 Å². The standard InChI is InChI=1S/C39H45N5O11/c1-6-24-15-30(35(45)42-26-11-9-25(10-12-26)34(40)43-39(50)55-27-18-52-20-53-19-27)29(16-32(24)51-5)28-13-14-31(36(46)41-17-23-7-8-23)44(33(28)37(47)48)22(4)54-38(49)21(2)3/h6,9-16,21-23,27,33H,1,7-8,17-20H2,2-5H3,(H,41,46)(H,42,45)(H,47,48)(H2,40,43,50). The van der Waals surface area contributed by atoms with Gasteiger partial charge in [-0.25, -0.2) is 9.59 Å². The Morgan fingerprint density at radius 2 is 1.73 bits per heavy atom. The normalized spacial score (nSPS) is 17.5. The van der Waals surface area contributed by atoms with Crippen molar-refractivity contribution in [3.8, 4) is 5.75 Å². The van der Waals surface area contributed by atoms with Crippen molar-refractivity contribution in [1.29, 1.82) is 5.41 Å². The van der Waals surface area contributed by atoms with Crippen LogP contribution < -0.4 is 20.7 Å². The van der Waals surface area contributed by atoms with Gasteiger partial charge in [-0.1, -0.05) is 32.6 Å². The number of amidine groups is 1. The van der Waals surface area contributed by atoms with E-state index in [9.17, 15) is 29.1 Å². The Balaban J connectivity index is 1.45. The van der Waals surface area contributed by atoms with Crippen molar-refractivity contribution in [2.45, 2.75) is 52.0 Å². The maximum absolute atomic E-state index is 14.1. The molecule has 0 spiro atoms. The maximum Gasteiger partial charge on any atom is 0.413 e. The first-order valence-electron chi connectivity index (χ1n) is 17.7. The fraction of sp³-hybridized carbons (Fsp3) is 0.385. The third kappa shape index (κ3) is 9.96. The minimum absolute atomic E-state index is 0.0213. The summed E-state index contributed by atoms with van der Waals surface area (Å²) in [6.07, 6.45) is 3.69. The van der Waals surface area contributed by atoms with Crippen molar-refractivity contribution in [2.24, 2.45) is 11.8 Å². The topological polar surface area (TPSA) is 215 Å². The molecule has 55 heavy (non-hydrogen) atoms. The Bertz CT molecular complexity index is 1900. The van der Waals surface area contributed by atoms with Crippen molar-refractivity contribution in [3.05, 3.63) is 83.1 Å². The van der Waals surface area contributed by atoms with E-state index in [2.05, 4.69) is 22.5 Å². The summed E-state index contributed by atoms with van der Waals surface area (Å²) in [5.41, 5.74) is 1.39. The fourth-order valence-corrected chi connectivity index (χ4v) is 5.90. The van der Waals surface area contributed by atoms with Crippen LogP contribution in [0.2, 0.25) is 0 Å². The molecule has 2 unspecified atom stereocenters. The molecule has 16 nitrogen and oxygen atoms in total. The lowest BCUT2D eigenvalue weighted by Crippen LogP contribution is -2.52. The summed E-state index contributed by atoms with van der Waals surface area (Å²) in [5.74, 6) is -3.26. The molecule has 1 saturated heterocycles. The second-order valence-electron chi connectivity index (χ2n) is 13.4. The summed E-state index contributed by atoms with van der Waals surface area (Å²) in [7, 11) is 1.42. The number of hydrogen-bond donors (Lipinski definition) is 5. The number of allylic oxidation sites excluding steroid dienone is 2. The van der Waals surface area contributed by atoms with Gasteiger partial charge >= 0.3 is 18.0 Å². The molecule has 2 aliphatic heterocycles. The Kier molecular flexibility index (Phi) is 13.1. The predicted octanol–water partition coefficient (Wildman–Crippen LogP) is 4.12. The van der Waals surface area contributed by atoms with Gasteiger partial charge in [0.2, 0.25) is 0 Å². The van der Waals surface area contributed by atoms with Crippen LogP contribution in [0.15, 0.2) is 60.8 Å². The van der Waals surface area contributed by atoms with E-state index in [4.69, 9.17) is 29.1 Å². The summed E-state index contributed by atoms with van der Waals surface area (Å²) < 4.78 is 26.7. The van der Waals surface area contributed by atoms with Gasteiger partial charge in [0.15, 0.2) is 18.4 Å². The number of carbonyl (C=O) groups is 5. The molecular formula is C39H45N5O11. The molecule has 2 heterocycles. The van der Waals surface area contributed by atoms with Crippen molar-refractivity contribution in [1.82, 2.24) is 15.5 Å². The average Bonchev–Trinajstić information content (AvgIpc) is 4.01. The number of benzene rings is 2. The molecule has 5 N–H and O–H groups in total. The molecule has 0 radical (unpaired) electrons. The van der Waals surface area contributed by atoms with E-state index in [0.29, 0.717) is 35.0 Å². The van der Waals surface area contributed by atoms with Gasteiger partial charge in [0.05, 0.1) is 26.2 Å². The first-order chi connectivity index (χ1) is 26.3. The van der Waals surface area contributed by atoms with E-state index >= 15 is 0 Å². The second-order valence-corrected chi connectivity index (χ2v) is 13.4. The van der Waals surface area contributed by atoms with Gasteiger partial charge in [-0.2, -0.15) is 0 Å². The molecule has 2 aromatic carbocycles. The third-order valence-corrected chi connectivity index (χ3v) is 8.99. The third-order valence-electron chi connectivity index (χ3n) is 8.99. The summed E-state index contributed by atoms with van der Waals surface area (Å²) in [4.78, 5) is 67.0. The molecule has 2 fully saturated rings. The number of amides is 3. The lowest BCUT2D eigenvalue weighted by molar-refractivity contribution is -0.165. The molecule has 2 aromatic rings. The number of alkyl carbamates (subject to hydrolysis) is 1. The van der Waals surface area contributed by atoms with Gasteiger partial charge in [-0.3, -0.25) is 25.1 Å². The predicted molar refractivity (Wildman–Crippen MR) is 200 cm³/mol.